The molecule has 7 heteroatoms. The second-order valence-corrected chi connectivity index (χ2v) is 5.62. The van der Waals surface area contributed by atoms with E-state index in [4.69, 9.17) is 0 Å². The number of pyridine rings is 1. The van der Waals surface area contributed by atoms with Crippen LogP contribution in [0.2, 0.25) is 0 Å². The normalized spacial score (nSPS) is 10.2. The highest BCUT2D eigenvalue weighted by Gasteiger charge is 2.16. The minimum Gasteiger partial charge on any atom is -0.320 e. The molecule has 1 heterocycles. The maximum absolute atomic E-state index is 12.3. The molecular weight excluding hydrogens is 385 g/mol. The number of non-ortho nitro benzene ring substituents is 1. The predicted octanol–water partition coefficient (Wildman–Crippen LogP) is 3.46. The number of hydrogen-bond acceptors (Lipinski definition) is 4. The summed E-state index contributed by atoms with van der Waals surface area (Å²) in [5, 5.41) is 13.5. The number of nitro benzene ring substituents is 1. The minimum atomic E-state index is -0.522. The number of aromatic nitrogens is 1. The highest BCUT2D eigenvalue weighted by molar-refractivity contribution is 14.1. The maximum atomic E-state index is 12.3. The zero-order valence-corrected chi connectivity index (χ0v) is 13.5. The first kappa shape index (κ1) is 15.4. The summed E-state index contributed by atoms with van der Waals surface area (Å²) in [4.78, 5) is 26.8. The van der Waals surface area contributed by atoms with E-state index in [1.54, 1.807) is 25.1 Å². The van der Waals surface area contributed by atoms with Crippen molar-refractivity contribution < 1.29 is 9.72 Å². The lowest BCUT2D eigenvalue weighted by Crippen LogP contribution is -2.15. The summed E-state index contributed by atoms with van der Waals surface area (Å²) in [5.41, 5.74) is 2.30. The van der Waals surface area contributed by atoms with Crippen molar-refractivity contribution in [1.82, 2.24) is 4.98 Å². The molecule has 21 heavy (non-hydrogen) atoms. The fourth-order valence-electron chi connectivity index (χ4n) is 1.81. The number of carbonyl (C=O) groups is 1. The first-order chi connectivity index (χ1) is 9.88. The summed E-state index contributed by atoms with van der Waals surface area (Å²) in [6.45, 7) is 3.66. The van der Waals surface area contributed by atoms with Crippen LogP contribution in [0.5, 0.6) is 0 Å². The third-order valence-corrected chi connectivity index (χ3v) is 3.82. The van der Waals surface area contributed by atoms with Crippen LogP contribution in [0.25, 0.3) is 0 Å². The Balaban J connectivity index is 2.32. The number of anilines is 1. The molecule has 0 saturated heterocycles. The predicted molar refractivity (Wildman–Crippen MR) is 87.5 cm³/mol. The highest BCUT2D eigenvalue weighted by Crippen LogP contribution is 2.21. The van der Waals surface area contributed by atoms with Gasteiger partial charge in [-0.3, -0.25) is 19.9 Å². The zero-order valence-electron chi connectivity index (χ0n) is 11.4. The average molecular weight is 397 g/mol. The Morgan fingerprint density at radius 1 is 1.29 bits per heavy atom. The van der Waals surface area contributed by atoms with Gasteiger partial charge in [-0.2, -0.15) is 0 Å². The summed E-state index contributed by atoms with van der Waals surface area (Å²) in [6.07, 6.45) is 0. The Labute approximate surface area is 134 Å². The number of amides is 1. The van der Waals surface area contributed by atoms with Crippen molar-refractivity contribution in [3.05, 3.63) is 61.0 Å². The molecule has 0 aliphatic heterocycles. The summed E-state index contributed by atoms with van der Waals surface area (Å²) in [6, 6.07) is 7.75. The smallest absolute Gasteiger partial charge is 0.270 e. The van der Waals surface area contributed by atoms with Gasteiger partial charge in [-0.15, -0.1) is 0 Å². The Morgan fingerprint density at radius 3 is 2.62 bits per heavy atom. The SMILES string of the molecule is Cc1ccc(NC(=O)c2cc([N+](=O)[O-])ccc2I)c(C)n1. The second kappa shape index (κ2) is 6.17. The molecule has 0 saturated carbocycles. The summed E-state index contributed by atoms with van der Waals surface area (Å²) >= 11 is 1.97. The van der Waals surface area contributed by atoms with Crippen molar-refractivity contribution in [1.29, 1.82) is 0 Å². The van der Waals surface area contributed by atoms with Gasteiger partial charge in [0, 0.05) is 21.4 Å². The van der Waals surface area contributed by atoms with E-state index in [2.05, 4.69) is 10.3 Å². The summed E-state index contributed by atoms with van der Waals surface area (Å²) in [7, 11) is 0. The molecule has 2 rings (SSSR count). The Hall–Kier alpha value is -2.03. The van der Waals surface area contributed by atoms with Crippen LogP contribution in [0.15, 0.2) is 30.3 Å². The molecule has 0 aliphatic carbocycles. The molecule has 108 valence electrons. The van der Waals surface area contributed by atoms with E-state index in [1.165, 1.54) is 12.1 Å². The maximum Gasteiger partial charge on any atom is 0.270 e. The van der Waals surface area contributed by atoms with Gasteiger partial charge in [0.1, 0.15) is 0 Å². The minimum absolute atomic E-state index is 0.112. The Kier molecular flexibility index (Phi) is 4.51. The van der Waals surface area contributed by atoms with Gasteiger partial charge >= 0.3 is 0 Å². The zero-order chi connectivity index (χ0) is 15.6. The van der Waals surface area contributed by atoms with Crippen molar-refractivity contribution in [2.45, 2.75) is 13.8 Å². The molecule has 0 aliphatic rings. The molecular formula is C14H12IN3O3. The third-order valence-electron chi connectivity index (χ3n) is 2.88. The van der Waals surface area contributed by atoms with E-state index >= 15 is 0 Å². The van der Waals surface area contributed by atoms with Gasteiger partial charge in [-0.1, -0.05) is 0 Å². The number of nitrogens with one attached hydrogen (secondary N) is 1. The van der Waals surface area contributed by atoms with Crippen LogP contribution >= 0.6 is 22.6 Å². The Bertz CT molecular complexity index is 731. The fourth-order valence-corrected chi connectivity index (χ4v) is 2.39. The molecule has 0 spiro atoms. The van der Waals surface area contributed by atoms with Crippen LogP contribution in [-0.2, 0) is 0 Å². The molecule has 0 fully saturated rings. The third kappa shape index (κ3) is 3.54. The number of aryl methyl sites for hydroxylation is 2. The number of hydrogen-bond donors (Lipinski definition) is 1. The Morgan fingerprint density at radius 2 is 2.00 bits per heavy atom. The van der Waals surface area contributed by atoms with Crippen LogP contribution in [-0.4, -0.2) is 15.8 Å². The van der Waals surface area contributed by atoms with Crippen LogP contribution in [0.1, 0.15) is 21.7 Å². The quantitative estimate of drug-likeness (QED) is 0.488. The van der Waals surface area contributed by atoms with Crippen LogP contribution in [0.4, 0.5) is 11.4 Å². The van der Waals surface area contributed by atoms with Crippen molar-refractivity contribution >= 4 is 39.9 Å². The van der Waals surface area contributed by atoms with Gasteiger partial charge in [0.2, 0.25) is 0 Å². The van der Waals surface area contributed by atoms with Crippen molar-refractivity contribution in [3.63, 3.8) is 0 Å². The summed E-state index contributed by atoms with van der Waals surface area (Å²) < 4.78 is 0.647. The lowest BCUT2D eigenvalue weighted by atomic mass is 10.2. The van der Waals surface area contributed by atoms with Crippen molar-refractivity contribution in [3.8, 4) is 0 Å². The van der Waals surface area contributed by atoms with Gasteiger partial charge in [0.15, 0.2) is 0 Å². The second-order valence-electron chi connectivity index (χ2n) is 4.46. The van der Waals surface area contributed by atoms with Gasteiger partial charge < -0.3 is 5.32 Å². The van der Waals surface area contributed by atoms with Gasteiger partial charge in [-0.25, -0.2) is 0 Å². The lowest BCUT2D eigenvalue weighted by molar-refractivity contribution is -0.384. The first-order valence-corrected chi connectivity index (χ1v) is 7.16. The molecule has 6 nitrogen and oxygen atoms in total. The molecule has 0 atom stereocenters. The molecule has 1 N–H and O–H groups in total. The number of nitro groups is 1. The number of nitrogens with zero attached hydrogens (tertiary/aromatic N) is 2. The molecule has 1 aromatic heterocycles. The first-order valence-electron chi connectivity index (χ1n) is 6.08. The monoisotopic (exact) mass is 397 g/mol. The molecule has 1 aromatic carbocycles. The van der Waals surface area contributed by atoms with Crippen molar-refractivity contribution in [2.75, 3.05) is 5.32 Å². The van der Waals surface area contributed by atoms with Crippen LogP contribution in [0.3, 0.4) is 0 Å². The van der Waals surface area contributed by atoms with Crippen LogP contribution in [0, 0.1) is 27.5 Å². The van der Waals surface area contributed by atoms with Crippen LogP contribution < -0.4 is 5.32 Å². The van der Waals surface area contributed by atoms with Crippen molar-refractivity contribution in [2.24, 2.45) is 0 Å². The molecule has 0 bridgehead atoms. The van der Waals surface area contributed by atoms with Gasteiger partial charge in [0.05, 0.1) is 21.9 Å². The topological polar surface area (TPSA) is 85.1 Å². The van der Waals surface area contributed by atoms with E-state index in [0.29, 0.717) is 15.0 Å². The number of benzene rings is 1. The summed E-state index contributed by atoms with van der Waals surface area (Å²) in [5.74, 6) is -0.392. The van der Waals surface area contributed by atoms with E-state index in [0.717, 1.165) is 5.69 Å². The number of halogens is 1. The standard InChI is InChI=1S/C14H12IN3O3/c1-8-3-6-13(9(2)16-8)17-14(19)11-7-10(18(20)21)4-5-12(11)15/h3-7H,1-2H3,(H,17,19). The van der Waals surface area contributed by atoms with Gasteiger partial charge in [-0.05, 0) is 54.6 Å². The van der Waals surface area contributed by atoms with E-state index in [1.807, 2.05) is 29.5 Å². The fraction of sp³-hybridized carbons (Fsp3) is 0.143. The largest absolute Gasteiger partial charge is 0.320 e. The molecule has 2 aromatic rings. The molecule has 0 radical (unpaired) electrons. The van der Waals surface area contributed by atoms with Gasteiger partial charge in [0.25, 0.3) is 11.6 Å². The molecule has 0 unspecified atom stereocenters. The average Bonchev–Trinajstić information content (AvgIpc) is 2.42. The molecule has 1 amide bonds. The van der Waals surface area contributed by atoms with E-state index in [9.17, 15) is 14.9 Å². The highest BCUT2D eigenvalue weighted by atomic mass is 127. The van der Waals surface area contributed by atoms with E-state index < -0.39 is 10.8 Å². The number of rotatable bonds is 3. The lowest BCUT2D eigenvalue weighted by Gasteiger charge is -2.09. The number of carbonyl (C=O) groups excluding carboxylic acids is 1. The van der Waals surface area contributed by atoms with E-state index in [-0.39, 0.29) is 11.3 Å².